The predicted molar refractivity (Wildman–Crippen MR) is 80.1 cm³/mol. The summed E-state index contributed by atoms with van der Waals surface area (Å²) in [5.74, 6) is 0.0606. The Morgan fingerprint density at radius 3 is 3.05 bits per heavy atom. The van der Waals surface area contributed by atoms with E-state index < -0.39 is 0 Å². The second kappa shape index (κ2) is 5.16. The summed E-state index contributed by atoms with van der Waals surface area (Å²) < 4.78 is 5.42. The Morgan fingerprint density at radius 1 is 1.29 bits per heavy atom. The van der Waals surface area contributed by atoms with Crippen LogP contribution in [0, 0.1) is 0 Å². The van der Waals surface area contributed by atoms with Crippen molar-refractivity contribution in [3.05, 3.63) is 35.5 Å². The molecule has 3 N–H and O–H groups in total. The molecule has 1 aromatic heterocycles. The first-order valence-electron chi connectivity index (χ1n) is 7.54. The number of aromatic nitrogens is 1. The highest BCUT2D eigenvalue weighted by molar-refractivity contribution is 5.93. The molecule has 2 aliphatic heterocycles. The molecule has 1 amide bonds. The molecular weight excluding hydrogens is 266 g/mol. The second-order valence-electron chi connectivity index (χ2n) is 5.76. The Bertz CT molecular complexity index is 673. The Morgan fingerprint density at radius 2 is 2.19 bits per heavy atom. The van der Waals surface area contributed by atoms with Crippen molar-refractivity contribution < 1.29 is 9.53 Å². The van der Waals surface area contributed by atoms with Gasteiger partial charge >= 0.3 is 0 Å². The molecule has 0 saturated carbocycles. The van der Waals surface area contributed by atoms with Gasteiger partial charge in [0.25, 0.3) is 0 Å². The molecule has 4 rings (SSSR count). The SMILES string of the molecule is O=C1NCCc2[nH]c3ccccc3c2C1N[C@@H]1CCOC1. The third-order valence-corrected chi connectivity index (χ3v) is 4.39. The van der Waals surface area contributed by atoms with Crippen LogP contribution in [0.5, 0.6) is 0 Å². The molecule has 1 fully saturated rings. The van der Waals surface area contributed by atoms with Crippen LogP contribution in [-0.4, -0.2) is 36.7 Å². The van der Waals surface area contributed by atoms with E-state index in [-0.39, 0.29) is 18.0 Å². The molecule has 5 nitrogen and oxygen atoms in total. The highest BCUT2D eigenvalue weighted by atomic mass is 16.5. The van der Waals surface area contributed by atoms with Crippen LogP contribution < -0.4 is 10.6 Å². The Balaban J connectivity index is 1.79. The van der Waals surface area contributed by atoms with E-state index in [1.54, 1.807) is 0 Å². The summed E-state index contributed by atoms with van der Waals surface area (Å²) in [6.07, 6.45) is 1.80. The van der Waals surface area contributed by atoms with Gasteiger partial charge in [-0.3, -0.25) is 10.1 Å². The molecule has 0 bridgehead atoms. The zero-order valence-corrected chi connectivity index (χ0v) is 11.8. The quantitative estimate of drug-likeness (QED) is 0.778. The molecule has 3 heterocycles. The fourth-order valence-corrected chi connectivity index (χ4v) is 3.35. The maximum absolute atomic E-state index is 12.5. The first-order valence-corrected chi connectivity index (χ1v) is 7.54. The zero-order chi connectivity index (χ0) is 14.2. The number of hydrogen-bond donors (Lipinski definition) is 3. The third-order valence-electron chi connectivity index (χ3n) is 4.39. The summed E-state index contributed by atoms with van der Waals surface area (Å²) in [6, 6.07) is 8.15. The summed E-state index contributed by atoms with van der Waals surface area (Å²) in [7, 11) is 0. The number of nitrogens with one attached hydrogen (secondary N) is 3. The lowest BCUT2D eigenvalue weighted by Gasteiger charge is -2.20. The van der Waals surface area contributed by atoms with Crippen molar-refractivity contribution in [2.24, 2.45) is 0 Å². The lowest BCUT2D eigenvalue weighted by atomic mass is 10.0. The molecule has 1 saturated heterocycles. The lowest BCUT2D eigenvalue weighted by molar-refractivity contribution is -0.123. The van der Waals surface area contributed by atoms with Gasteiger partial charge in [-0.25, -0.2) is 0 Å². The van der Waals surface area contributed by atoms with Crippen molar-refractivity contribution in [2.45, 2.75) is 24.9 Å². The van der Waals surface area contributed by atoms with Crippen LogP contribution in [0.1, 0.15) is 23.7 Å². The molecule has 0 radical (unpaired) electrons. The van der Waals surface area contributed by atoms with Crippen LogP contribution in [0.3, 0.4) is 0 Å². The van der Waals surface area contributed by atoms with Crippen molar-refractivity contribution in [1.29, 1.82) is 0 Å². The first-order chi connectivity index (χ1) is 10.3. The first kappa shape index (κ1) is 12.9. The maximum atomic E-state index is 12.5. The van der Waals surface area contributed by atoms with E-state index in [9.17, 15) is 4.79 Å². The zero-order valence-electron chi connectivity index (χ0n) is 11.8. The van der Waals surface area contributed by atoms with Crippen molar-refractivity contribution in [3.8, 4) is 0 Å². The number of rotatable bonds is 2. The van der Waals surface area contributed by atoms with Gasteiger partial charge in [0, 0.05) is 47.8 Å². The fourth-order valence-electron chi connectivity index (χ4n) is 3.35. The molecule has 2 atom stereocenters. The summed E-state index contributed by atoms with van der Waals surface area (Å²) in [4.78, 5) is 15.9. The van der Waals surface area contributed by atoms with Crippen molar-refractivity contribution in [2.75, 3.05) is 19.8 Å². The molecular formula is C16H19N3O2. The van der Waals surface area contributed by atoms with Crippen LogP contribution in [0.4, 0.5) is 0 Å². The van der Waals surface area contributed by atoms with Crippen molar-refractivity contribution in [3.63, 3.8) is 0 Å². The number of fused-ring (bicyclic) bond motifs is 3. The highest BCUT2D eigenvalue weighted by Gasteiger charge is 2.31. The number of ether oxygens (including phenoxy) is 1. The summed E-state index contributed by atoms with van der Waals surface area (Å²) in [5.41, 5.74) is 3.37. The van der Waals surface area contributed by atoms with E-state index in [0.717, 1.165) is 41.6 Å². The number of para-hydroxylation sites is 1. The van der Waals surface area contributed by atoms with Gasteiger partial charge in [0.2, 0.25) is 5.91 Å². The molecule has 0 aliphatic carbocycles. The number of carbonyl (C=O) groups is 1. The Kier molecular flexibility index (Phi) is 3.16. The van der Waals surface area contributed by atoms with Crippen molar-refractivity contribution in [1.82, 2.24) is 15.6 Å². The maximum Gasteiger partial charge on any atom is 0.241 e. The van der Waals surface area contributed by atoms with Gasteiger partial charge in [-0.15, -0.1) is 0 Å². The standard InChI is InChI=1S/C16H19N3O2/c20-16-15(18-10-6-8-21-9-10)14-11-3-1-2-4-12(11)19-13(14)5-7-17-16/h1-4,10,15,18-19H,5-9H2,(H,17,20)/t10-,15?/m1/s1. The van der Waals surface area contributed by atoms with Crippen molar-refractivity contribution >= 4 is 16.8 Å². The van der Waals surface area contributed by atoms with E-state index in [1.165, 1.54) is 0 Å². The molecule has 2 aromatic rings. The highest BCUT2D eigenvalue weighted by Crippen LogP contribution is 2.31. The fraction of sp³-hybridized carbons (Fsp3) is 0.438. The minimum absolute atomic E-state index is 0.0606. The molecule has 1 aromatic carbocycles. The average Bonchev–Trinajstić information content (AvgIpc) is 3.08. The molecule has 5 heteroatoms. The largest absolute Gasteiger partial charge is 0.380 e. The number of benzene rings is 1. The number of amides is 1. The minimum Gasteiger partial charge on any atom is -0.380 e. The van der Waals surface area contributed by atoms with Gasteiger partial charge in [0.15, 0.2) is 0 Å². The van der Waals surface area contributed by atoms with Gasteiger partial charge in [0.05, 0.1) is 6.61 Å². The normalized spacial score (nSPS) is 25.6. The summed E-state index contributed by atoms with van der Waals surface area (Å²) >= 11 is 0. The molecule has 0 spiro atoms. The minimum atomic E-state index is -0.301. The van der Waals surface area contributed by atoms with E-state index >= 15 is 0 Å². The summed E-state index contributed by atoms with van der Waals surface area (Å²) in [5, 5.41) is 7.63. The lowest BCUT2D eigenvalue weighted by Crippen LogP contribution is -2.41. The van der Waals surface area contributed by atoms with Crippen LogP contribution >= 0.6 is 0 Å². The number of carbonyl (C=O) groups excluding carboxylic acids is 1. The van der Waals surface area contributed by atoms with Crippen LogP contribution in [-0.2, 0) is 16.0 Å². The van der Waals surface area contributed by atoms with E-state index in [4.69, 9.17) is 4.74 Å². The molecule has 21 heavy (non-hydrogen) atoms. The number of hydrogen-bond acceptors (Lipinski definition) is 3. The molecule has 2 aliphatic rings. The Hall–Kier alpha value is -1.85. The van der Waals surface area contributed by atoms with Gasteiger partial charge in [-0.1, -0.05) is 18.2 Å². The monoisotopic (exact) mass is 285 g/mol. The topological polar surface area (TPSA) is 66.2 Å². The number of aromatic amines is 1. The molecule has 1 unspecified atom stereocenters. The van der Waals surface area contributed by atoms with Gasteiger partial charge < -0.3 is 15.0 Å². The van der Waals surface area contributed by atoms with E-state index in [1.807, 2.05) is 12.1 Å². The van der Waals surface area contributed by atoms with Crippen LogP contribution in [0.25, 0.3) is 10.9 Å². The number of H-pyrrole nitrogens is 1. The van der Waals surface area contributed by atoms with Gasteiger partial charge in [-0.05, 0) is 12.5 Å². The Labute approximate surface area is 123 Å². The predicted octanol–water partition coefficient (Wildman–Crippen LogP) is 1.26. The van der Waals surface area contributed by atoms with Crippen LogP contribution in [0.2, 0.25) is 0 Å². The van der Waals surface area contributed by atoms with E-state index in [0.29, 0.717) is 13.2 Å². The average molecular weight is 285 g/mol. The third kappa shape index (κ3) is 2.22. The smallest absolute Gasteiger partial charge is 0.241 e. The van der Waals surface area contributed by atoms with Gasteiger partial charge in [-0.2, -0.15) is 0 Å². The van der Waals surface area contributed by atoms with Gasteiger partial charge in [0.1, 0.15) is 6.04 Å². The molecule has 110 valence electrons. The summed E-state index contributed by atoms with van der Waals surface area (Å²) in [6.45, 7) is 2.13. The second-order valence-corrected chi connectivity index (χ2v) is 5.76. The van der Waals surface area contributed by atoms with E-state index in [2.05, 4.69) is 27.8 Å². The van der Waals surface area contributed by atoms with Crippen LogP contribution in [0.15, 0.2) is 24.3 Å².